The lowest BCUT2D eigenvalue weighted by atomic mass is 10.0. The first-order chi connectivity index (χ1) is 17.6. The van der Waals surface area contributed by atoms with Crippen LogP contribution in [0.25, 0.3) is 5.57 Å². The number of halogens is 1. The first kappa shape index (κ1) is 25.3. The fourth-order valence-electron chi connectivity index (χ4n) is 5.35. The van der Waals surface area contributed by atoms with E-state index in [2.05, 4.69) is 36.4 Å². The third-order valence-corrected chi connectivity index (χ3v) is 7.55. The van der Waals surface area contributed by atoms with Gasteiger partial charge in [-0.15, -0.1) is 0 Å². The Bertz CT molecular complexity index is 1390. The molecule has 0 spiro atoms. The van der Waals surface area contributed by atoms with Crippen molar-refractivity contribution in [2.24, 2.45) is 5.84 Å². The summed E-state index contributed by atoms with van der Waals surface area (Å²) in [5, 5.41) is 2.12. The van der Waals surface area contributed by atoms with Gasteiger partial charge in [0.2, 0.25) is 0 Å². The van der Waals surface area contributed by atoms with Gasteiger partial charge in [0, 0.05) is 36.9 Å². The molecule has 2 aromatic carbocycles. The summed E-state index contributed by atoms with van der Waals surface area (Å²) in [6.45, 7) is 8.03. The van der Waals surface area contributed by atoms with Crippen LogP contribution < -0.4 is 21.5 Å². The molecule has 1 atom stereocenters. The van der Waals surface area contributed by atoms with Crippen molar-refractivity contribution < 1.29 is 4.79 Å². The van der Waals surface area contributed by atoms with Crippen LogP contribution in [0.3, 0.4) is 0 Å². The topological polar surface area (TPSA) is 96.7 Å². The number of hydrazine groups is 1. The molecule has 0 aliphatic carbocycles. The first-order valence-electron chi connectivity index (χ1n) is 12.6. The molecule has 3 aromatic rings. The lowest BCUT2D eigenvalue weighted by Crippen LogP contribution is -2.32. The number of nitrogens with two attached hydrogens (primary N) is 2. The minimum Gasteiger partial charge on any atom is -0.397 e. The molecule has 0 saturated heterocycles. The molecule has 0 fully saturated rings. The standard InChI is InChI=1S/C28H34ClN7O/c1-16(2)35-26-24(32-27(35)19-10-12-33(4)13-11-19)28(37)36(25(26)18-6-8-20(29)9-7-18)21-14-17(3)23(30)22(15-21)34(5)31/h6-10,14-16,25H,11-13,30-31H2,1-5H3. The summed E-state index contributed by atoms with van der Waals surface area (Å²) in [5.74, 6) is 6.84. The van der Waals surface area contributed by atoms with Gasteiger partial charge in [0.05, 0.1) is 17.1 Å². The van der Waals surface area contributed by atoms with Gasteiger partial charge in [-0.1, -0.05) is 29.8 Å². The van der Waals surface area contributed by atoms with Crippen molar-refractivity contribution in [1.29, 1.82) is 0 Å². The number of carbonyl (C=O) groups excluding carboxylic acids is 1. The molecule has 2 aliphatic rings. The van der Waals surface area contributed by atoms with Crippen LogP contribution in [-0.2, 0) is 0 Å². The second-order valence-corrected chi connectivity index (χ2v) is 10.7. The summed E-state index contributed by atoms with van der Waals surface area (Å²) in [7, 11) is 3.85. The monoisotopic (exact) mass is 519 g/mol. The third-order valence-electron chi connectivity index (χ3n) is 7.30. The van der Waals surface area contributed by atoms with E-state index in [1.54, 1.807) is 7.05 Å². The summed E-state index contributed by atoms with van der Waals surface area (Å²) in [6.07, 6.45) is 3.12. The van der Waals surface area contributed by atoms with E-state index < -0.39 is 0 Å². The van der Waals surface area contributed by atoms with Gasteiger partial charge in [-0.05, 0) is 75.2 Å². The normalized spacial score (nSPS) is 17.9. The number of imidazole rings is 1. The predicted molar refractivity (Wildman–Crippen MR) is 151 cm³/mol. The third kappa shape index (κ3) is 4.29. The fourth-order valence-corrected chi connectivity index (χ4v) is 5.48. The lowest BCUT2D eigenvalue weighted by molar-refractivity contribution is 0.0989. The Kier molecular flexibility index (Phi) is 6.52. The van der Waals surface area contributed by atoms with E-state index in [1.165, 1.54) is 10.6 Å². The lowest BCUT2D eigenvalue weighted by Gasteiger charge is -2.30. The Hall–Kier alpha value is -3.33. The SMILES string of the molecule is Cc1cc(N2C(=O)c3nc(C4=CCN(C)CC4)n(C(C)C)c3C2c2ccc(Cl)cc2)cc(N(C)N)c1N. The molecule has 1 aromatic heterocycles. The predicted octanol–water partition coefficient (Wildman–Crippen LogP) is 4.79. The summed E-state index contributed by atoms with van der Waals surface area (Å²) in [4.78, 5) is 23.3. The highest BCUT2D eigenvalue weighted by atomic mass is 35.5. The molecule has 37 heavy (non-hydrogen) atoms. The van der Waals surface area contributed by atoms with Gasteiger partial charge in [0.15, 0.2) is 5.69 Å². The molecule has 194 valence electrons. The van der Waals surface area contributed by atoms with E-state index in [-0.39, 0.29) is 18.0 Å². The van der Waals surface area contributed by atoms with Gasteiger partial charge in [0.25, 0.3) is 5.91 Å². The summed E-state index contributed by atoms with van der Waals surface area (Å²) in [5.41, 5.74) is 12.7. The van der Waals surface area contributed by atoms with Gasteiger partial charge in [-0.3, -0.25) is 9.69 Å². The zero-order chi connectivity index (χ0) is 26.6. The first-order valence-corrected chi connectivity index (χ1v) is 12.9. The Labute approximate surface area is 223 Å². The van der Waals surface area contributed by atoms with Crippen molar-refractivity contribution in [2.45, 2.75) is 39.3 Å². The molecule has 9 heteroatoms. The Morgan fingerprint density at radius 3 is 2.49 bits per heavy atom. The molecule has 2 aliphatic heterocycles. The Morgan fingerprint density at radius 1 is 1.19 bits per heavy atom. The second kappa shape index (κ2) is 9.52. The van der Waals surface area contributed by atoms with Gasteiger partial charge in [0.1, 0.15) is 11.9 Å². The highest BCUT2D eigenvalue weighted by molar-refractivity contribution is 6.30. The Balaban J connectivity index is 1.74. The zero-order valence-corrected chi connectivity index (χ0v) is 22.8. The van der Waals surface area contributed by atoms with Crippen LogP contribution >= 0.6 is 11.6 Å². The van der Waals surface area contributed by atoms with Crippen LogP contribution in [0.15, 0.2) is 42.5 Å². The second-order valence-electron chi connectivity index (χ2n) is 10.3. The van der Waals surface area contributed by atoms with E-state index in [1.807, 2.05) is 48.2 Å². The number of aromatic nitrogens is 2. The largest absolute Gasteiger partial charge is 0.397 e. The number of hydrogen-bond acceptors (Lipinski definition) is 6. The van der Waals surface area contributed by atoms with Crippen LogP contribution in [0, 0.1) is 6.92 Å². The maximum atomic E-state index is 14.2. The van der Waals surface area contributed by atoms with Crippen molar-refractivity contribution in [2.75, 3.05) is 42.8 Å². The number of aryl methyl sites for hydroxylation is 1. The van der Waals surface area contributed by atoms with Crippen LogP contribution in [0.1, 0.15) is 65.5 Å². The van der Waals surface area contributed by atoms with Crippen molar-refractivity contribution in [3.63, 3.8) is 0 Å². The average molecular weight is 520 g/mol. The summed E-state index contributed by atoms with van der Waals surface area (Å²) >= 11 is 6.25. The molecule has 3 heterocycles. The molecule has 4 N–H and O–H groups in total. The number of hydrogen-bond donors (Lipinski definition) is 2. The van der Waals surface area contributed by atoms with Crippen molar-refractivity contribution in [3.05, 3.63) is 75.8 Å². The fraction of sp³-hybridized carbons (Fsp3) is 0.357. The highest BCUT2D eigenvalue weighted by Crippen LogP contribution is 2.46. The quantitative estimate of drug-likeness (QED) is 0.286. The molecule has 0 radical (unpaired) electrons. The van der Waals surface area contributed by atoms with Crippen LogP contribution in [0.2, 0.25) is 5.02 Å². The summed E-state index contributed by atoms with van der Waals surface area (Å²) < 4.78 is 2.24. The van der Waals surface area contributed by atoms with Gasteiger partial charge in [-0.25, -0.2) is 10.8 Å². The van der Waals surface area contributed by atoms with E-state index >= 15 is 0 Å². The van der Waals surface area contributed by atoms with Gasteiger partial charge >= 0.3 is 0 Å². The number of benzene rings is 2. The van der Waals surface area contributed by atoms with Crippen LogP contribution in [-0.4, -0.2) is 47.5 Å². The molecular weight excluding hydrogens is 486 g/mol. The molecule has 5 rings (SSSR count). The maximum absolute atomic E-state index is 14.2. The number of amides is 1. The highest BCUT2D eigenvalue weighted by Gasteiger charge is 2.45. The number of carbonyl (C=O) groups is 1. The van der Waals surface area contributed by atoms with Crippen molar-refractivity contribution >= 4 is 40.1 Å². The van der Waals surface area contributed by atoms with Gasteiger partial charge in [-0.2, -0.15) is 0 Å². The van der Waals surface area contributed by atoms with E-state index in [9.17, 15) is 4.79 Å². The minimum atomic E-state index is -0.380. The van der Waals surface area contributed by atoms with Crippen LogP contribution in [0.5, 0.6) is 0 Å². The smallest absolute Gasteiger partial charge is 0.279 e. The number of nitrogens with zero attached hydrogens (tertiary/aromatic N) is 5. The molecule has 0 saturated carbocycles. The maximum Gasteiger partial charge on any atom is 0.279 e. The number of nitrogen functional groups attached to an aromatic ring is 1. The molecule has 1 amide bonds. The van der Waals surface area contributed by atoms with Crippen LogP contribution in [0.4, 0.5) is 17.1 Å². The summed E-state index contributed by atoms with van der Waals surface area (Å²) in [6, 6.07) is 11.2. The van der Waals surface area contributed by atoms with E-state index in [0.717, 1.165) is 47.8 Å². The molecule has 8 nitrogen and oxygen atoms in total. The van der Waals surface area contributed by atoms with Gasteiger partial charge < -0.3 is 20.2 Å². The minimum absolute atomic E-state index is 0.105. The molecular formula is C28H34ClN7O. The number of rotatable bonds is 5. The van der Waals surface area contributed by atoms with Crippen molar-refractivity contribution in [3.8, 4) is 0 Å². The van der Waals surface area contributed by atoms with E-state index in [4.69, 9.17) is 28.2 Å². The molecule has 1 unspecified atom stereocenters. The zero-order valence-electron chi connectivity index (χ0n) is 22.0. The number of anilines is 3. The van der Waals surface area contributed by atoms with Crippen molar-refractivity contribution in [1.82, 2.24) is 14.5 Å². The Morgan fingerprint density at radius 2 is 1.89 bits per heavy atom. The number of fused-ring (bicyclic) bond motifs is 1. The number of likely N-dealkylation sites (N-methyl/N-ethyl adjacent to an activating group) is 1. The molecule has 0 bridgehead atoms. The van der Waals surface area contributed by atoms with E-state index in [0.29, 0.717) is 22.1 Å². The average Bonchev–Trinajstić information content (AvgIpc) is 3.37.